The molecule has 1 atom stereocenters. The van der Waals surface area contributed by atoms with Crippen molar-refractivity contribution in [1.82, 2.24) is 5.32 Å². The first-order valence-electron chi connectivity index (χ1n) is 8.89. The Kier molecular flexibility index (Phi) is 3.50. The minimum absolute atomic E-state index is 0.117. The van der Waals surface area contributed by atoms with Gasteiger partial charge in [0.1, 0.15) is 5.66 Å². The Morgan fingerprint density at radius 3 is 2.60 bits per heavy atom. The Hall–Kier alpha value is -2.55. The highest BCUT2D eigenvalue weighted by molar-refractivity contribution is 5.84. The van der Waals surface area contributed by atoms with E-state index in [1.54, 1.807) is 0 Å². The molecular weight excluding hydrogens is 308 g/mol. The van der Waals surface area contributed by atoms with Crippen LogP contribution in [0.25, 0.3) is 6.08 Å². The first-order chi connectivity index (χ1) is 12.0. The number of para-hydroxylation sites is 1. The van der Waals surface area contributed by atoms with Gasteiger partial charge in [0.05, 0.1) is 0 Å². The molecule has 0 aromatic heterocycles. The molecule has 0 unspecified atom stereocenters. The standard InChI is InChI=1S/C22H24N2O/c1-16-8-4-5-9-17(16)12-14-22-21(2,3)18-10-6-7-11-19(18)24(22)15-13-20(25)23-22/h4-12,14H,13,15H2,1-3H3,(H,23,25)/b14-12+/t22-/m0/s1. The predicted molar refractivity (Wildman–Crippen MR) is 103 cm³/mol. The number of amides is 1. The molecule has 2 heterocycles. The van der Waals surface area contributed by atoms with Crippen LogP contribution in [-0.4, -0.2) is 18.1 Å². The summed E-state index contributed by atoms with van der Waals surface area (Å²) in [6.45, 7) is 7.30. The predicted octanol–water partition coefficient (Wildman–Crippen LogP) is 4.02. The average molecular weight is 332 g/mol. The van der Waals surface area contributed by atoms with E-state index in [0.29, 0.717) is 6.42 Å². The lowest BCUT2D eigenvalue weighted by molar-refractivity contribution is -0.124. The minimum Gasteiger partial charge on any atom is -0.344 e. The van der Waals surface area contributed by atoms with Crippen LogP contribution >= 0.6 is 0 Å². The number of carbonyl (C=O) groups is 1. The molecule has 2 aromatic carbocycles. The largest absolute Gasteiger partial charge is 0.344 e. The van der Waals surface area contributed by atoms with Crippen molar-refractivity contribution in [2.24, 2.45) is 0 Å². The highest BCUT2D eigenvalue weighted by atomic mass is 16.2. The summed E-state index contributed by atoms with van der Waals surface area (Å²) in [7, 11) is 0. The first-order valence-corrected chi connectivity index (χ1v) is 8.89. The lowest BCUT2D eigenvalue weighted by Crippen LogP contribution is -2.68. The third-order valence-electron chi connectivity index (χ3n) is 5.83. The second-order valence-corrected chi connectivity index (χ2v) is 7.55. The van der Waals surface area contributed by atoms with Gasteiger partial charge >= 0.3 is 0 Å². The summed E-state index contributed by atoms with van der Waals surface area (Å²) in [4.78, 5) is 14.7. The molecule has 0 bridgehead atoms. The molecule has 0 saturated carbocycles. The van der Waals surface area contributed by atoms with Crippen molar-refractivity contribution >= 4 is 17.7 Å². The van der Waals surface area contributed by atoms with Gasteiger partial charge in [-0.2, -0.15) is 0 Å². The zero-order valence-corrected chi connectivity index (χ0v) is 15.0. The van der Waals surface area contributed by atoms with Crippen LogP contribution in [0.1, 0.15) is 37.0 Å². The quantitative estimate of drug-likeness (QED) is 0.901. The first kappa shape index (κ1) is 15.9. The molecule has 0 radical (unpaired) electrons. The van der Waals surface area contributed by atoms with Gasteiger partial charge in [-0.3, -0.25) is 4.79 Å². The van der Waals surface area contributed by atoms with Gasteiger partial charge in [-0.1, -0.05) is 62.4 Å². The van der Waals surface area contributed by atoms with Crippen LogP contribution < -0.4 is 10.2 Å². The number of hydrogen-bond acceptors (Lipinski definition) is 2. The molecule has 0 aliphatic carbocycles. The van der Waals surface area contributed by atoms with E-state index in [-0.39, 0.29) is 11.3 Å². The van der Waals surface area contributed by atoms with Crippen LogP contribution in [0.2, 0.25) is 0 Å². The van der Waals surface area contributed by atoms with Crippen molar-refractivity contribution < 1.29 is 4.79 Å². The van der Waals surface area contributed by atoms with Gasteiger partial charge in [0.2, 0.25) is 5.91 Å². The molecule has 3 heteroatoms. The van der Waals surface area contributed by atoms with E-state index in [0.717, 1.165) is 6.54 Å². The number of rotatable bonds is 2. The van der Waals surface area contributed by atoms with Gasteiger partial charge in [0, 0.05) is 24.1 Å². The van der Waals surface area contributed by atoms with E-state index in [1.165, 1.54) is 22.4 Å². The van der Waals surface area contributed by atoms with E-state index in [2.05, 4.69) is 91.7 Å². The van der Waals surface area contributed by atoms with Crippen LogP contribution in [0.15, 0.2) is 54.6 Å². The zero-order valence-electron chi connectivity index (χ0n) is 15.0. The fourth-order valence-corrected chi connectivity index (χ4v) is 4.30. The Morgan fingerprint density at radius 1 is 1.08 bits per heavy atom. The summed E-state index contributed by atoms with van der Waals surface area (Å²) in [6.07, 6.45) is 4.87. The van der Waals surface area contributed by atoms with E-state index in [1.807, 2.05) is 0 Å². The summed E-state index contributed by atoms with van der Waals surface area (Å²) in [5.74, 6) is 0.117. The normalized spacial score (nSPS) is 24.1. The van der Waals surface area contributed by atoms with Gasteiger partial charge < -0.3 is 10.2 Å². The van der Waals surface area contributed by atoms with E-state index in [9.17, 15) is 4.79 Å². The fourth-order valence-electron chi connectivity index (χ4n) is 4.30. The van der Waals surface area contributed by atoms with Crippen LogP contribution in [0.3, 0.4) is 0 Å². The van der Waals surface area contributed by atoms with Crippen molar-refractivity contribution in [3.63, 3.8) is 0 Å². The van der Waals surface area contributed by atoms with Crippen molar-refractivity contribution in [1.29, 1.82) is 0 Å². The second kappa shape index (κ2) is 5.48. The number of anilines is 1. The topological polar surface area (TPSA) is 32.3 Å². The lowest BCUT2D eigenvalue weighted by atomic mass is 9.74. The van der Waals surface area contributed by atoms with Gasteiger partial charge in [0.25, 0.3) is 0 Å². The van der Waals surface area contributed by atoms with Crippen molar-refractivity contribution in [3.8, 4) is 0 Å². The highest BCUT2D eigenvalue weighted by Crippen LogP contribution is 2.52. The highest BCUT2D eigenvalue weighted by Gasteiger charge is 2.57. The van der Waals surface area contributed by atoms with Crippen LogP contribution in [0.5, 0.6) is 0 Å². The second-order valence-electron chi connectivity index (χ2n) is 7.55. The van der Waals surface area contributed by atoms with Crippen LogP contribution in [0.4, 0.5) is 5.69 Å². The maximum absolute atomic E-state index is 12.4. The monoisotopic (exact) mass is 332 g/mol. The Morgan fingerprint density at radius 2 is 1.80 bits per heavy atom. The summed E-state index contributed by atoms with van der Waals surface area (Å²) < 4.78 is 0. The molecule has 4 rings (SSSR count). The number of aryl methyl sites for hydroxylation is 1. The minimum atomic E-state index is -0.533. The Balaban J connectivity index is 1.86. The molecule has 1 fully saturated rings. The van der Waals surface area contributed by atoms with Gasteiger partial charge in [-0.15, -0.1) is 0 Å². The SMILES string of the molecule is Cc1ccccc1/C=C/[C@]12NC(=O)CCN1c1ccccc1C2(C)C. The van der Waals surface area contributed by atoms with Crippen LogP contribution in [0, 0.1) is 6.92 Å². The van der Waals surface area contributed by atoms with E-state index in [4.69, 9.17) is 0 Å². The molecule has 1 amide bonds. The average Bonchev–Trinajstić information content (AvgIpc) is 2.79. The van der Waals surface area contributed by atoms with Crippen molar-refractivity contribution in [3.05, 3.63) is 71.3 Å². The summed E-state index contributed by atoms with van der Waals surface area (Å²) in [5.41, 5.74) is 4.17. The molecule has 1 saturated heterocycles. The molecule has 1 N–H and O–H groups in total. The number of nitrogens with zero attached hydrogens (tertiary/aromatic N) is 1. The number of hydrogen-bond donors (Lipinski definition) is 1. The third-order valence-corrected chi connectivity index (χ3v) is 5.83. The third kappa shape index (κ3) is 2.22. The summed E-state index contributed by atoms with van der Waals surface area (Å²) in [6, 6.07) is 16.8. The Labute approximate surface area is 149 Å². The summed E-state index contributed by atoms with van der Waals surface area (Å²) >= 11 is 0. The molecule has 3 nitrogen and oxygen atoms in total. The maximum atomic E-state index is 12.4. The number of fused-ring (bicyclic) bond motifs is 3. The zero-order chi connectivity index (χ0) is 17.7. The van der Waals surface area contributed by atoms with E-state index < -0.39 is 5.66 Å². The number of benzene rings is 2. The number of nitrogens with one attached hydrogen (secondary N) is 1. The molecular formula is C22H24N2O. The van der Waals surface area contributed by atoms with Crippen molar-refractivity contribution in [2.75, 3.05) is 11.4 Å². The molecule has 128 valence electrons. The van der Waals surface area contributed by atoms with Gasteiger partial charge in [-0.05, 0) is 35.8 Å². The smallest absolute Gasteiger partial charge is 0.223 e. The number of carbonyl (C=O) groups excluding carboxylic acids is 1. The van der Waals surface area contributed by atoms with Crippen molar-refractivity contribution in [2.45, 2.75) is 38.3 Å². The molecule has 2 aromatic rings. The van der Waals surface area contributed by atoms with Crippen LogP contribution in [-0.2, 0) is 10.2 Å². The molecule has 25 heavy (non-hydrogen) atoms. The van der Waals surface area contributed by atoms with Gasteiger partial charge in [0.15, 0.2) is 0 Å². The maximum Gasteiger partial charge on any atom is 0.223 e. The molecule has 2 aliphatic rings. The Bertz CT molecular complexity index is 868. The van der Waals surface area contributed by atoms with E-state index >= 15 is 0 Å². The lowest BCUT2D eigenvalue weighted by Gasteiger charge is -2.49. The summed E-state index contributed by atoms with van der Waals surface area (Å²) in [5, 5.41) is 3.32. The molecule has 0 spiro atoms. The fraction of sp³-hybridized carbons (Fsp3) is 0.318. The molecule has 2 aliphatic heterocycles. The van der Waals surface area contributed by atoms with Gasteiger partial charge in [-0.25, -0.2) is 0 Å².